The maximum Gasteiger partial charge on any atom is 0.277 e. The number of carbonyl (C=O) groups is 1. The van der Waals surface area contributed by atoms with Crippen molar-refractivity contribution in [2.45, 2.75) is 19.8 Å². The molecule has 2 aromatic carbocycles. The molecule has 0 unspecified atom stereocenters. The number of hydrogen-bond acceptors (Lipinski definition) is 5. The summed E-state index contributed by atoms with van der Waals surface area (Å²) in [6.07, 6.45) is 3.92. The zero-order chi connectivity index (χ0) is 23.3. The molecule has 2 aromatic rings. The summed E-state index contributed by atoms with van der Waals surface area (Å²) in [5, 5.41) is 3.37. The third-order valence-corrected chi connectivity index (χ3v) is 6.25. The van der Waals surface area contributed by atoms with E-state index in [0.29, 0.717) is 28.6 Å². The van der Waals surface area contributed by atoms with Crippen LogP contribution in [-0.2, 0) is 4.84 Å². The molecule has 172 valence electrons. The Morgan fingerprint density at radius 3 is 2.75 bits per heavy atom. The molecule has 9 heteroatoms. The molecule has 2 N–H and O–H groups in total. The van der Waals surface area contributed by atoms with Gasteiger partial charge >= 0.3 is 0 Å². The lowest BCUT2D eigenvalue weighted by Crippen LogP contribution is -2.30. The number of nitrogens with zero attached hydrogens (tertiary/aromatic N) is 2. The van der Waals surface area contributed by atoms with E-state index in [1.807, 2.05) is 0 Å². The number of hydroxylamine groups is 1. The number of amides is 1. The summed E-state index contributed by atoms with van der Waals surface area (Å²) >= 11 is 9.66. The minimum atomic E-state index is -0.558. The quantitative estimate of drug-likeness (QED) is 0.328. The second kappa shape index (κ2) is 11.1. The van der Waals surface area contributed by atoms with E-state index in [0.717, 1.165) is 24.1 Å². The third-order valence-electron chi connectivity index (χ3n) is 5.45. The molecule has 1 amide bonds. The highest BCUT2D eigenvalue weighted by Crippen LogP contribution is 2.36. The van der Waals surface area contributed by atoms with Crippen molar-refractivity contribution in [3.63, 3.8) is 0 Å². The van der Waals surface area contributed by atoms with Crippen LogP contribution in [-0.4, -0.2) is 44.1 Å². The lowest BCUT2D eigenvalue weighted by Gasteiger charge is -2.22. The van der Waals surface area contributed by atoms with Crippen molar-refractivity contribution < 1.29 is 14.0 Å². The predicted molar refractivity (Wildman–Crippen MR) is 131 cm³/mol. The summed E-state index contributed by atoms with van der Waals surface area (Å²) in [5.41, 5.74) is 3.93. The maximum atomic E-state index is 15.5. The summed E-state index contributed by atoms with van der Waals surface area (Å²) in [4.78, 5) is 22.3. The first-order chi connectivity index (χ1) is 15.3. The third kappa shape index (κ3) is 5.81. The minimum Gasteiger partial charge on any atom is -0.351 e. The SMILES string of the molecule is C=CN(C)c1cc(C(=O)NOCCN2CCCC2)c(Nc2ccc(Br)cc2Cl)c(F)c1C. The number of likely N-dealkylation sites (tertiary alicyclic amines) is 1. The summed E-state index contributed by atoms with van der Waals surface area (Å²) in [6.45, 7) is 8.53. The van der Waals surface area contributed by atoms with E-state index in [9.17, 15) is 4.79 Å². The standard InChI is InChI=1S/C23H27BrClFN4O2/c1-4-29(3)20-14-17(23(31)28-32-12-11-30-9-5-6-10-30)22(21(26)15(20)2)27-19-8-7-16(24)13-18(19)25/h4,7-8,13-14,27H,1,5-6,9-12H2,2-3H3,(H,28,31). The molecule has 1 heterocycles. The molecular weight excluding hydrogens is 499 g/mol. The van der Waals surface area contributed by atoms with Crippen molar-refractivity contribution in [3.05, 3.63) is 63.5 Å². The highest BCUT2D eigenvalue weighted by Gasteiger charge is 2.23. The predicted octanol–water partition coefficient (Wildman–Crippen LogP) is 5.63. The van der Waals surface area contributed by atoms with Crippen LogP contribution in [0.1, 0.15) is 28.8 Å². The maximum absolute atomic E-state index is 15.5. The minimum absolute atomic E-state index is 0.0218. The summed E-state index contributed by atoms with van der Waals surface area (Å²) in [6, 6.07) is 6.78. The van der Waals surface area contributed by atoms with E-state index in [1.54, 1.807) is 49.3 Å². The molecule has 0 saturated carbocycles. The fraction of sp³-hybridized carbons (Fsp3) is 0.348. The average molecular weight is 526 g/mol. The topological polar surface area (TPSA) is 56.8 Å². The van der Waals surface area contributed by atoms with Gasteiger partial charge in [-0.2, -0.15) is 0 Å². The van der Waals surface area contributed by atoms with Crippen LogP contribution in [0.25, 0.3) is 0 Å². The molecule has 0 bridgehead atoms. The van der Waals surface area contributed by atoms with E-state index in [1.165, 1.54) is 12.8 Å². The molecule has 0 aliphatic carbocycles. The number of rotatable bonds is 9. The number of nitrogens with one attached hydrogen (secondary N) is 2. The molecule has 1 aliphatic heterocycles. The molecule has 0 spiro atoms. The van der Waals surface area contributed by atoms with Gasteiger partial charge in [-0.05, 0) is 63.3 Å². The second-order valence-corrected chi connectivity index (χ2v) is 8.95. The van der Waals surface area contributed by atoms with Gasteiger partial charge < -0.3 is 15.1 Å². The molecule has 1 aliphatic rings. The van der Waals surface area contributed by atoms with Gasteiger partial charge in [0.2, 0.25) is 0 Å². The van der Waals surface area contributed by atoms with E-state index in [-0.39, 0.29) is 11.3 Å². The van der Waals surface area contributed by atoms with E-state index >= 15 is 4.39 Å². The van der Waals surface area contributed by atoms with Crippen LogP contribution in [0.4, 0.5) is 21.5 Å². The lowest BCUT2D eigenvalue weighted by molar-refractivity contribution is 0.0244. The van der Waals surface area contributed by atoms with Crippen LogP contribution < -0.4 is 15.7 Å². The Bertz CT molecular complexity index is 998. The summed E-state index contributed by atoms with van der Waals surface area (Å²) < 4.78 is 16.3. The first-order valence-corrected chi connectivity index (χ1v) is 11.5. The van der Waals surface area contributed by atoms with Gasteiger partial charge in [-0.15, -0.1) is 0 Å². The number of carbonyl (C=O) groups excluding carboxylic acids is 1. The fourth-order valence-corrected chi connectivity index (χ4v) is 4.30. The fourth-order valence-electron chi connectivity index (χ4n) is 3.58. The van der Waals surface area contributed by atoms with Crippen LogP contribution in [0.3, 0.4) is 0 Å². The number of benzene rings is 2. The monoisotopic (exact) mass is 524 g/mol. The summed E-state index contributed by atoms with van der Waals surface area (Å²) in [5.74, 6) is -1.11. The van der Waals surface area contributed by atoms with Crippen molar-refractivity contribution in [1.82, 2.24) is 10.4 Å². The van der Waals surface area contributed by atoms with Gasteiger partial charge in [0.1, 0.15) is 0 Å². The van der Waals surface area contributed by atoms with Crippen molar-refractivity contribution in [1.29, 1.82) is 0 Å². The molecule has 0 atom stereocenters. The van der Waals surface area contributed by atoms with Crippen LogP contribution >= 0.6 is 27.5 Å². The number of halogens is 3. The Labute approximate surface area is 201 Å². The highest BCUT2D eigenvalue weighted by atomic mass is 79.9. The van der Waals surface area contributed by atoms with Gasteiger partial charge in [0.05, 0.1) is 28.6 Å². The molecular formula is C23H27BrClFN4O2. The van der Waals surface area contributed by atoms with Gasteiger partial charge in [0.25, 0.3) is 5.91 Å². The second-order valence-electron chi connectivity index (χ2n) is 7.63. The molecule has 3 rings (SSSR count). The molecule has 32 heavy (non-hydrogen) atoms. The van der Waals surface area contributed by atoms with Crippen LogP contribution in [0, 0.1) is 12.7 Å². The van der Waals surface area contributed by atoms with E-state index in [2.05, 4.69) is 38.2 Å². The Balaban J connectivity index is 1.87. The van der Waals surface area contributed by atoms with Gasteiger partial charge in [-0.1, -0.05) is 34.1 Å². The Morgan fingerprint density at radius 2 is 2.09 bits per heavy atom. The molecule has 1 fully saturated rings. The van der Waals surface area contributed by atoms with Crippen molar-refractivity contribution >= 4 is 50.5 Å². The molecule has 0 aromatic heterocycles. The zero-order valence-electron chi connectivity index (χ0n) is 18.2. The Hall–Kier alpha value is -2.13. The first-order valence-electron chi connectivity index (χ1n) is 10.4. The normalized spacial score (nSPS) is 13.8. The number of anilines is 3. The van der Waals surface area contributed by atoms with Crippen LogP contribution in [0.5, 0.6) is 0 Å². The Morgan fingerprint density at radius 1 is 1.38 bits per heavy atom. The summed E-state index contributed by atoms with van der Waals surface area (Å²) in [7, 11) is 1.74. The van der Waals surface area contributed by atoms with E-state index < -0.39 is 11.7 Å². The molecule has 1 saturated heterocycles. The van der Waals surface area contributed by atoms with Crippen molar-refractivity contribution in [2.24, 2.45) is 0 Å². The van der Waals surface area contributed by atoms with Gasteiger partial charge in [0.15, 0.2) is 5.82 Å². The van der Waals surface area contributed by atoms with Crippen molar-refractivity contribution in [2.75, 3.05) is 43.5 Å². The molecule has 0 radical (unpaired) electrons. The average Bonchev–Trinajstić information content (AvgIpc) is 3.29. The van der Waals surface area contributed by atoms with E-state index in [4.69, 9.17) is 16.4 Å². The van der Waals surface area contributed by atoms with Gasteiger partial charge in [-0.3, -0.25) is 9.63 Å². The van der Waals surface area contributed by atoms with Crippen molar-refractivity contribution in [3.8, 4) is 0 Å². The van der Waals surface area contributed by atoms with Crippen LogP contribution in [0.2, 0.25) is 5.02 Å². The van der Waals surface area contributed by atoms with Gasteiger partial charge in [-0.25, -0.2) is 9.87 Å². The molecule has 6 nitrogen and oxygen atoms in total. The lowest BCUT2D eigenvalue weighted by atomic mass is 10.0. The van der Waals surface area contributed by atoms with Crippen LogP contribution in [0.15, 0.2) is 41.5 Å². The highest BCUT2D eigenvalue weighted by molar-refractivity contribution is 9.10. The zero-order valence-corrected chi connectivity index (χ0v) is 20.5. The Kier molecular flexibility index (Phi) is 8.53. The first kappa shape index (κ1) is 24.5. The van der Waals surface area contributed by atoms with Gasteiger partial charge in [0, 0.05) is 29.3 Å². The number of hydrogen-bond donors (Lipinski definition) is 2. The smallest absolute Gasteiger partial charge is 0.277 e. The largest absolute Gasteiger partial charge is 0.351 e.